The summed E-state index contributed by atoms with van der Waals surface area (Å²) in [5, 5.41) is 24.5. The van der Waals surface area contributed by atoms with Crippen molar-refractivity contribution in [3.05, 3.63) is 52.8 Å². The lowest BCUT2D eigenvalue weighted by atomic mass is 9.81. The second-order valence-electron chi connectivity index (χ2n) is 9.61. The molecule has 8 nitrogen and oxygen atoms in total. The van der Waals surface area contributed by atoms with Crippen LogP contribution < -0.4 is 5.32 Å². The van der Waals surface area contributed by atoms with Gasteiger partial charge in [-0.1, -0.05) is 24.3 Å². The molecule has 2 aliphatic carbocycles. The normalized spacial score (nSPS) is 27.3. The predicted molar refractivity (Wildman–Crippen MR) is 119 cm³/mol. The maximum absolute atomic E-state index is 12.7. The van der Waals surface area contributed by atoms with E-state index in [1.54, 1.807) is 0 Å². The van der Waals surface area contributed by atoms with Crippen LogP contribution in [0.25, 0.3) is 0 Å². The van der Waals surface area contributed by atoms with Gasteiger partial charge in [0.1, 0.15) is 0 Å². The van der Waals surface area contributed by atoms with Gasteiger partial charge in [-0.25, -0.2) is 4.79 Å². The molecule has 1 amide bonds. The number of hydrogen-bond acceptors (Lipinski definition) is 5. The molecule has 0 spiro atoms. The average Bonchev–Trinajstić information content (AvgIpc) is 3.39. The number of aryl methyl sites for hydroxylation is 2. The molecular weight excluding hydrogens is 465 g/mol. The predicted octanol–water partition coefficient (Wildman–Crippen LogP) is 2.52. The van der Waals surface area contributed by atoms with Crippen LogP contribution in [0.5, 0.6) is 0 Å². The van der Waals surface area contributed by atoms with Gasteiger partial charge in [-0.15, -0.1) is 0 Å². The first-order chi connectivity index (χ1) is 16.4. The molecule has 0 radical (unpaired) electrons. The quantitative estimate of drug-likeness (QED) is 0.603. The first-order valence-electron chi connectivity index (χ1n) is 11.5. The van der Waals surface area contributed by atoms with Gasteiger partial charge in [0.25, 0.3) is 0 Å². The van der Waals surface area contributed by atoms with Crippen molar-refractivity contribution in [2.45, 2.75) is 50.6 Å². The zero-order chi connectivity index (χ0) is 25.5. The summed E-state index contributed by atoms with van der Waals surface area (Å²) in [5.41, 5.74) is 4.95. The molecule has 2 heterocycles. The Balaban J connectivity index is 0.000000364. The van der Waals surface area contributed by atoms with E-state index in [1.807, 2.05) is 18.7 Å². The minimum absolute atomic E-state index is 0.0314. The summed E-state index contributed by atoms with van der Waals surface area (Å²) in [6.07, 6.45) is -4.19. The molecule has 1 aliphatic heterocycles. The third-order valence-electron chi connectivity index (χ3n) is 7.11. The van der Waals surface area contributed by atoms with Crippen LogP contribution in [0.15, 0.2) is 30.3 Å². The number of carbonyl (C=O) groups excluding carboxylic acids is 1. The van der Waals surface area contributed by atoms with Crippen LogP contribution in [0.1, 0.15) is 47.3 Å². The first-order valence-corrected chi connectivity index (χ1v) is 11.5. The Morgan fingerprint density at radius 2 is 1.80 bits per heavy atom. The molecule has 0 bridgehead atoms. The monoisotopic (exact) mass is 494 g/mol. The van der Waals surface area contributed by atoms with Crippen LogP contribution in [0.2, 0.25) is 0 Å². The van der Waals surface area contributed by atoms with E-state index in [-0.39, 0.29) is 24.0 Å². The Kier molecular flexibility index (Phi) is 6.92. The molecule has 1 aromatic heterocycles. The molecule has 190 valence electrons. The lowest BCUT2D eigenvalue weighted by Crippen LogP contribution is -2.43. The van der Waals surface area contributed by atoms with Gasteiger partial charge in [-0.3, -0.25) is 14.4 Å². The molecular formula is C24H29F3N4O4. The number of nitrogens with zero attached hydrogens (tertiary/aromatic N) is 3. The third-order valence-corrected chi connectivity index (χ3v) is 7.11. The molecule has 3 N–H and O–H groups in total. The summed E-state index contributed by atoms with van der Waals surface area (Å²) in [5.74, 6) is -1.82. The molecule has 1 saturated heterocycles. The van der Waals surface area contributed by atoms with E-state index in [9.17, 15) is 23.1 Å². The van der Waals surface area contributed by atoms with Crippen molar-refractivity contribution in [3.8, 4) is 0 Å². The Morgan fingerprint density at radius 3 is 2.34 bits per heavy atom. The van der Waals surface area contributed by atoms with Crippen molar-refractivity contribution in [2.75, 3.05) is 13.1 Å². The maximum Gasteiger partial charge on any atom is 0.490 e. The van der Waals surface area contributed by atoms with Crippen LogP contribution >= 0.6 is 0 Å². The van der Waals surface area contributed by atoms with Crippen molar-refractivity contribution in [1.82, 2.24) is 20.0 Å². The Hall–Kier alpha value is -2.92. The third kappa shape index (κ3) is 5.35. The molecule has 3 atom stereocenters. The zero-order valence-corrected chi connectivity index (χ0v) is 19.5. The second-order valence-corrected chi connectivity index (χ2v) is 9.61. The van der Waals surface area contributed by atoms with E-state index in [2.05, 4.69) is 45.6 Å². The number of amides is 1. The fraction of sp³-hybridized carbons (Fsp3) is 0.542. The number of benzene rings is 1. The smallest absolute Gasteiger partial charge is 0.475 e. The summed E-state index contributed by atoms with van der Waals surface area (Å²) >= 11 is 0. The van der Waals surface area contributed by atoms with Gasteiger partial charge in [0.05, 0.1) is 23.5 Å². The average molecular weight is 495 g/mol. The molecule has 35 heavy (non-hydrogen) atoms. The number of fused-ring (bicyclic) bond motifs is 3. The van der Waals surface area contributed by atoms with Crippen LogP contribution in [0, 0.1) is 18.8 Å². The molecule has 11 heteroatoms. The highest BCUT2D eigenvalue weighted by molar-refractivity contribution is 5.80. The lowest BCUT2D eigenvalue weighted by molar-refractivity contribution is -0.192. The Morgan fingerprint density at radius 1 is 1.17 bits per heavy atom. The van der Waals surface area contributed by atoms with E-state index in [4.69, 9.17) is 9.90 Å². The summed E-state index contributed by atoms with van der Waals surface area (Å²) in [4.78, 5) is 24.1. The lowest BCUT2D eigenvalue weighted by Gasteiger charge is -2.32. The molecule has 2 fully saturated rings. The largest absolute Gasteiger partial charge is 0.490 e. The fourth-order valence-corrected chi connectivity index (χ4v) is 5.37. The standard InChI is InChI=1S/C22H28N4O2.C2HF3O2/c1-13-7-15(25(2)24-13)10-26-11-19-17-5-3-4-6-18(17)21(20(19)12-26)23-22(28)14-8-16(27)9-14;3-2(4,5)1(6)7/h3-7,14,16,19-21,27H,8-12H2,1-2H3,(H,23,28);(H,6,7)/t14?,16?,19-,20-,21+;/m0./s1. The second kappa shape index (κ2) is 9.62. The highest BCUT2D eigenvalue weighted by Crippen LogP contribution is 2.49. The Labute approximate surface area is 200 Å². The highest BCUT2D eigenvalue weighted by Gasteiger charge is 2.47. The molecule has 5 rings (SSSR count). The Bertz CT molecular complexity index is 1100. The van der Waals surface area contributed by atoms with Gasteiger partial charge >= 0.3 is 12.1 Å². The van der Waals surface area contributed by atoms with E-state index < -0.39 is 12.1 Å². The number of halogens is 3. The molecule has 2 aromatic rings. The SMILES string of the molecule is Cc1cc(CN2C[C@@H]3[C@H](NC(=O)C4CC(O)C4)c4ccccc4[C@@H]3C2)n(C)n1.O=C(O)C(F)(F)F. The van der Waals surface area contributed by atoms with E-state index in [0.717, 1.165) is 25.3 Å². The molecule has 0 unspecified atom stereocenters. The summed E-state index contributed by atoms with van der Waals surface area (Å²) in [7, 11) is 2.00. The number of alkyl halides is 3. The molecule has 1 aromatic carbocycles. The number of aliphatic hydroxyl groups is 1. The van der Waals surface area contributed by atoms with Gasteiger partial charge in [0.15, 0.2) is 0 Å². The van der Waals surface area contributed by atoms with Crippen LogP contribution in [0.3, 0.4) is 0 Å². The molecule has 3 aliphatic rings. The van der Waals surface area contributed by atoms with Crippen LogP contribution in [-0.2, 0) is 23.2 Å². The number of nitrogens with one attached hydrogen (secondary N) is 1. The number of aromatic nitrogens is 2. The van der Waals surface area contributed by atoms with E-state index in [0.29, 0.717) is 24.7 Å². The molecule has 1 saturated carbocycles. The van der Waals surface area contributed by atoms with Crippen molar-refractivity contribution in [2.24, 2.45) is 18.9 Å². The minimum Gasteiger partial charge on any atom is -0.475 e. The number of carbonyl (C=O) groups is 2. The van der Waals surface area contributed by atoms with E-state index in [1.165, 1.54) is 16.8 Å². The van der Waals surface area contributed by atoms with Gasteiger partial charge in [-0.05, 0) is 37.0 Å². The maximum atomic E-state index is 12.7. The van der Waals surface area contributed by atoms with Gasteiger partial charge in [0.2, 0.25) is 5.91 Å². The minimum atomic E-state index is -5.08. The van der Waals surface area contributed by atoms with Crippen molar-refractivity contribution >= 4 is 11.9 Å². The number of rotatable bonds is 4. The number of carboxylic acids is 1. The van der Waals surface area contributed by atoms with Crippen molar-refractivity contribution in [3.63, 3.8) is 0 Å². The van der Waals surface area contributed by atoms with Gasteiger partial charge in [0, 0.05) is 44.4 Å². The number of hydrogen-bond donors (Lipinski definition) is 3. The fourth-order valence-electron chi connectivity index (χ4n) is 5.37. The first kappa shape index (κ1) is 25.2. The van der Waals surface area contributed by atoms with Crippen molar-refractivity contribution in [1.29, 1.82) is 0 Å². The van der Waals surface area contributed by atoms with Crippen LogP contribution in [-0.4, -0.2) is 62.1 Å². The van der Waals surface area contributed by atoms with Gasteiger partial charge in [-0.2, -0.15) is 18.3 Å². The topological polar surface area (TPSA) is 108 Å². The highest BCUT2D eigenvalue weighted by atomic mass is 19.4. The number of carboxylic acid groups (broad SMARTS) is 1. The van der Waals surface area contributed by atoms with E-state index >= 15 is 0 Å². The van der Waals surface area contributed by atoms with Gasteiger partial charge < -0.3 is 15.5 Å². The van der Waals surface area contributed by atoms with Crippen LogP contribution in [0.4, 0.5) is 13.2 Å². The summed E-state index contributed by atoms with van der Waals surface area (Å²) in [6, 6.07) is 10.8. The van der Waals surface area contributed by atoms with Crippen molar-refractivity contribution < 1.29 is 33.0 Å². The summed E-state index contributed by atoms with van der Waals surface area (Å²) < 4.78 is 33.7. The zero-order valence-electron chi connectivity index (χ0n) is 19.5. The number of aliphatic carboxylic acids is 1. The summed E-state index contributed by atoms with van der Waals surface area (Å²) in [6.45, 7) is 4.91. The number of aliphatic hydroxyl groups excluding tert-OH is 1. The number of likely N-dealkylation sites (tertiary alicyclic amines) is 1.